The summed E-state index contributed by atoms with van der Waals surface area (Å²) in [5, 5.41) is 3.23. The van der Waals surface area contributed by atoms with Crippen molar-refractivity contribution in [2.24, 2.45) is 4.99 Å². The molecule has 0 radical (unpaired) electrons. The number of hydrogen-bond acceptors (Lipinski definition) is 3. The number of benzene rings is 1. The Morgan fingerprint density at radius 1 is 1.21 bits per heavy atom. The van der Waals surface area contributed by atoms with Gasteiger partial charge in [0.05, 0.1) is 0 Å². The van der Waals surface area contributed by atoms with Crippen molar-refractivity contribution in [3.63, 3.8) is 0 Å². The molecule has 1 N–H and O–H groups in total. The van der Waals surface area contributed by atoms with Crippen LogP contribution in [0.2, 0.25) is 0 Å². The maximum Gasteiger partial charge on any atom is 0.403 e. The lowest BCUT2D eigenvalue weighted by molar-refractivity contribution is -0.181. The van der Waals surface area contributed by atoms with Gasteiger partial charge in [0.15, 0.2) is 5.96 Å². The van der Waals surface area contributed by atoms with Gasteiger partial charge in [0, 0.05) is 51.9 Å². The second-order valence-electron chi connectivity index (χ2n) is 7.30. The number of piperazine rings is 1. The number of rotatable bonds is 5. The molecule has 158 valence electrons. The van der Waals surface area contributed by atoms with Crippen LogP contribution in [0.15, 0.2) is 23.2 Å². The Morgan fingerprint density at radius 3 is 2.39 bits per heavy atom. The summed E-state index contributed by atoms with van der Waals surface area (Å²) in [7, 11) is 5.41. The zero-order chi connectivity index (χ0) is 20.9. The molecular weight excluding hydrogens is 374 g/mol. The van der Waals surface area contributed by atoms with Crippen LogP contribution in [0, 0.1) is 5.82 Å². The Morgan fingerprint density at radius 2 is 1.86 bits per heavy atom. The monoisotopic (exact) mass is 403 g/mol. The van der Waals surface area contributed by atoms with Crippen molar-refractivity contribution < 1.29 is 17.6 Å². The summed E-state index contributed by atoms with van der Waals surface area (Å²) >= 11 is 0. The molecule has 1 aromatic carbocycles. The maximum atomic E-state index is 13.9. The average Bonchev–Trinajstić information content (AvgIpc) is 2.63. The molecule has 0 aromatic heterocycles. The van der Waals surface area contributed by atoms with Crippen molar-refractivity contribution in [1.82, 2.24) is 20.0 Å². The van der Waals surface area contributed by atoms with E-state index in [0.717, 1.165) is 5.56 Å². The van der Waals surface area contributed by atoms with Crippen LogP contribution in [0.25, 0.3) is 0 Å². The van der Waals surface area contributed by atoms with Crippen molar-refractivity contribution in [3.8, 4) is 0 Å². The van der Waals surface area contributed by atoms with Gasteiger partial charge in [-0.15, -0.1) is 0 Å². The van der Waals surface area contributed by atoms with E-state index in [1.807, 2.05) is 30.0 Å². The third-order valence-corrected chi connectivity index (χ3v) is 4.89. The van der Waals surface area contributed by atoms with Crippen molar-refractivity contribution in [1.29, 1.82) is 0 Å². The van der Waals surface area contributed by atoms with E-state index in [0.29, 0.717) is 50.8 Å². The summed E-state index contributed by atoms with van der Waals surface area (Å²) in [5.74, 6) is 0.398. The molecule has 0 spiro atoms. The molecule has 1 unspecified atom stereocenters. The van der Waals surface area contributed by atoms with E-state index in [9.17, 15) is 17.6 Å². The Labute approximate surface area is 164 Å². The van der Waals surface area contributed by atoms with Crippen molar-refractivity contribution in [2.75, 3.05) is 47.3 Å². The van der Waals surface area contributed by atoms with Gasteiger partial charge >= 0.3 is 6.18 Å². The molecule has 9 heteroatoms. The predicted octanol–water partition coefficient (Wildman–Crippen LogP) is 2.53. The van der Waals surface area contributed by atoms with Gasteiger partial charge in [-0.1, -0.05) is 6.07 Å². The molecule has 1 fully saturated rings. The number of alkyl halides is 3. The fourth-order valence-electron chi connectivity index (χ4n) is 3.24. The molecular formula is C19H29F4N5. The number of aliphatic imine (C=N–C) groups is 1. The highest BCUT2D eigenvalue weighted by molar-refractivity contribution is 5.80. The average molecular weight is 403 g/mol. The fourth-order valence-corrected chi connectivity index (χ4v) is 3.24. The summed E-state index contributed by atoms with van der Waals surface area (Å²) in [5.41, 5.74) is 1.54. The zero-order valence-corrected chi connectivity index (χ0v) is 16.9. The van der Waals surface area contributed by atoms with Crippen molar-refractivity contribution in [3.05, 3.63) is 35.1 Å². The third-order valence-electron chi connectivity index (χ3n) is 4.89. The molecule has 1 aliphatic rings. The number of halogens is 4. The van der Waals surface area contributed by atoms with Gasteiger partial charge in [-0.25, -0.2) is 4.39 Å². The SMILES string of the molecule is CN=C(NCc1ccc(F)c(CN(C)C)c1)N1CCN(C(C)C(F)(F)F)CC1. The fraction of sp³-hybridized carbons (Fsp3) is 0.632. The van der Waals surface area contributed by atoms with Gasteiger partial charge in [0.25, 0.3) is 0 Å². The van der Waals surface area contributed by atoms with Crippen molar-refractivity contribution in [2.45, 2.75) is 32.2 Å². The van der Waals surface area contributed by atoms with E-state index in [1.165, 1.54) is 17.9 Å². The standard InChI is InChI=1S/C19H29F4N5/c1-14(19(21,22)23)27-7-9-28(10-8-27)18(24-2)25-12-15-5-6-17(20)16(11-15)13-26(3)4/h5-6,11,14H,7-10,12-13H2,1-4H3,(H,24,25). The molecule has 0 saturated carbocycles. The smallest absolute Gasteiger partial charge is 0.352 e. The van der Waals surface area contributed by atoms with E-state index in [4.69, 9.17) is 0 Å². The minimum atomic E-state index is -4.21. The maximum absolute atomic E-state index is 13.9. The number of guanidine groups is 1. The quantitative estimate of drug-likeness (QED) is 0.466. The lowest BCUT2D eigenvalue weighted by atomic mass is 10.1. The normalized spacial score (nSPS) is 17.9. The van der Waals surface area contributed by atoms with Crippen LogP contribution in [0.3, 0.4) is 0 Å². The molecule has 1 aliphatic heterocycles. The van der Waals surface area contributed by atoms with Gasteiger partial charge in [-0.2, -0.15) is 13.2 Å². The molecule has 1 atom stereocenters. The van der Waals surface area contributed by atoms with Gasteiger partial charge in [-0.05, 0) is 38.7 Å². The minimum absolute atomic E-state index is 0.239. The number of hydrogen-bond donors (Lipinski definition) is 1. The van der Waals surface area contributed by atoms with Crippen LogP contribution in [0.1, 0.15) is 18.1 Å². The summed E-state index contributed by atoms with van der Waals surface area (Å²) in [6.07, 6.45) is -4.21. The highest BCUT2D eigenvalue weighted by Crippen LogP contribution is 2.25. The molecule has 0 aliphatic carbocycles. The molecule has 0 bridgehead atoms. The van der Waals surface area contributed by atoms with E-state index < -0.39 is 12.2 Å². The topological polar surface area (TPSA) is 34.1 Å². The summed E-state index contributed by atoms with van der Waals surface area (Å²) in [4.78, 5) is 9.53. The van der Waals surface area contributed by atoms with Crippen LogP contribution in [0.4, 0.5) is 17.6 Å². The number of nitrogens with zero attached hydrogens (tertiary/aromatic N) is 4. The molecule has 2 rings (SSSR count). The molecule has 28 heavy (non-hydrogen) atoms. The lowest BCUT2D eigenvalue weighted by Crippen LogP contribution is -2.56. The second-order valence-corrected chi connectivity index (χ2v) is 7.30. The second kappa shape index (κ2) is 9.56. The Bertz CT molecular complexity index is 667. The summed E-state index contributed by atoms with van der Waals surface area (Å²) < 4.78 is 52.6. The highest BCUT2D eigenvalue weighted by Gasteiger charge is 2.41. The first-order valence-electron chi connectivity index (χ1n) is 9.30. The van der Waals surface area contributed by atoms with Gasteiger partial charge in [0.1, 0.15) is 11.9 Å². The van der Waals surface area contributed by atoms with Gasteiger partial charge in [-0.3, -0.25) is 9.89 Å². The van der Waals surface area contributed by atoms with Crippen LogP contribution >= 0.6 is 0 Å². The largest absolute Gasteiger partial charge is 0.403 e. The van der Waals surface area contributed by atoms with E-state index in [1.54, 1.807) is 13.1 Å². The first-order chi connectivity index (χ1) is 13.1. The molecule has 1 heterocycles. The molecule has 1 saturated heterocycles. The Kier molecular flexibility index (Phi) is 7.65. The van der Waals surface area contributed by atoms with E-state index in [-0.39, 0.29) is 5.82 Å². The van der Waals surface area contributed by atoms with Crippen LogP contribution in [-0.4, -0.2) is 80.2 Å². The Balaban J connectivity index is 1.92. The first kappa shape index (κ1) is 22.4. The van der Waals surface area contributed by atoms with Crippen LogP contribution < -0.4 is 5.32 Å². The number of nitrogens with one attached hydrogen (secondary N) is 1. The minimum Gasteiger partial charge on any atom is -0.352 e. The zero-order valence-electron chi connectivity index (χ0n) is 16.9. The molecule has 5 nitrogen and oxygen atoms in total. The summed E-state index contributed by atoms with van der Waals surface area (Å²) in [6.45, 7) is 3.75. The van der Waals surface area contributed by atoms with E-state index in [2.05, 4.69) is 10.3 Å². The molecule has 0 amide bonds. The molecule has 1 aromatic rings. The Hall–Kier alpha value is -1.87. The van der Waals surface area contributed by atoms with Gasteiger partial charge < -0.3 is 15.1 Å². The summed E-state index contributed by atoms with van der Waals surface area (Å²) in [6, 6.07) is 3.55. The van der Waals surface area contributed by atoms with Crippen LogP contribution in [-0.2, 0) is 13.1 Å². The van der Waals surface area contributed by atoms with Gasteiger partial charge in [0.2, 0.25) is 0 Å². The highest BCUT2D eigenvalue weighted by atomic mass is 19.4. The lowest BCUT2D eigenvalue weighted by Gasteiger charge is -2.39. The third kappa shape index (κ3) is 6.07. The van der Waals surface area contributed by atoms with Crippen molar-refractivity contribution >= 4 is 5.96 Å². The first-order valence-corrected chi connectivity index (χ1v) is 9.30. The predicted molar refractivity (Wildman–Crippen MR) is 103 cm³/mol. The van der Waals surface area contributed by atoms with E-state index >= 15 is 0 Å². The van der Waals surface area contributed by atoms with Crippen LogP contribution in [0.5, 0.6) is 0 Å².